The lowest BCUT2D eigenvalue weighted by atomic mass is 10.00. The van der Waals surface area contributed by atoms with E-state index in [1.807, 2.05) is 30.3 Å². The molecule has 5 aromatic rings. The molecule has 0 saturated carbocycles. The fraction of sp³-hybridized carbons (Fsp3) is 0.0870. The van der Waals surface area contributed by atoms with Gasteiger partial charge in [0.15, 0.2) is 5.65 Å². The highest BCUT2D eigenvalue weighted by molar-refractivity contribution is 6.29. The van der Waals surface area contributed by atoms with E-state index in [-0.39, 0.29) is 29.9 Å². The molecule has 0 aliphatic rings. The van der Waals surface area contributed by atoms with Gasteiger partial charge in [0, 0.05) is 5.56 Å². The smallest absolute Gasteiger partial charge is 0.353 e. The summed E-state index contributed by atoms with van der Waals surface area (Å²) in [6.45, 7) is -0.330. The number of benzene rings is 1. The summed E-state index contributed by atoms with van der Waals surface area (Å²) in [6.07, 6.45) is 1.07. The lowest BCUT2D eigenvalue weighted by Crippen LogP contribution is -2.24. The van der Waals surface area contributed by atoms with Crippen LogP contribution in [0.2, 0.25) is 5.15 Å². The second kappa shape index (κ2) is 8.65. The number of fused-ring (bicyclic) bond motifs is 1. The average Bonchev–Trinajstić information content (AvgIpc) is 3.16. The van der Waals surface area contributed by atoms with Crippen LogP contribution in [0.5, 0.6) is 0 Å². The van der Waals surface area contributed by atoms with Gasteiger partial charge < -0.3 is 10.8 Å². The van der Waals surface area contributed by atoms with Crippen LogP contribution >= 0.6 is 11.6 Å². The fourth-order valence-electron chi connectivity index (χ4n) is 3.71. The molecule has 4 heterocycles. The Hall–Kier alpha value is -4.15. The SMILES string of the molecule is Nc1nc(-c2ccccc2)c(-c2cc(Cl)nc(CO)c2)c2nn(Cc3ccc(F)cn3)c(=O)n12. The third-order valence-electron chi connectivity index (χ3n) is 5.20. The predicted molar refractivity (Wildman–Crippen MR) is 125 cm³/mol. The molecule has 34 heavy (non-hydrogen) atoms. The first-order valence-corrected chi connectivity index (χ1v) is 10.5. The van der Waals surface area contributed by atoms with E-state index in [9.17, 15) is 14.3 Å². The van der Waals surface area contributed by atoms with Gasteiger partial charge in [0.25, 0.3) is 0 Å². The average molecular weight is 478 g/mol. The normalized spacial score (nSPS) is 11.3. The van der Waals surface area contributed by atoms with Gasteiger partial charge in [-0.1, -0.05) is 41.9 Å². The summed E-state index contributed by atoms with van der Waals surface area (Å²) >= 11 is 6.22. The number of nitrogens with zero attached hydrogens (tertiary/aromatic N) is 6. The van der Waals surface area contributed by atoms with Gasteiger partial charge in [-0.2, -0.15) is 0 Å². The minimum atomic E-state index is -0.533. The van der Waals surface area contributed by atoms with Gasteiger partial charge in [-0.25, -0.2) is 28.2 Å². The maximum atomic E-state index is 13.3. The van der Waals surface area contributed by atoms with Gasteiger partial charge in [-0.3, -0.25) is 4.98 Å². The Labute approximate surface area is 196 Å². The number of pyridine rings is 2. The van der Waals surface area contributed by atoms with Crippen molar-refractivity contribution < 1.29 is 9.50 Å². The van der Waals surface area contributed by atoms with Crippen molar-refractivity contribution in [2.45, 2.75) is 13.2 Å². The van der Waals surface area contributed by atoms with Crippen LogP contribution in [0.3, 0.4) is 0 Å². The molecule has 0 aliphatic heterocycles. The predicted octanol–water partition coefficient (Wildman–Crippen LogP) is 2.93. The number of aromatic nitrogens is 6. The topological polar surface area (TPSA) is 124 Å². The zero-order valence-corrected chi connectivity index (χ0v) is 18.3. The number of halogens is 2. The molecule has 9 nitrogen and oxygen atoms in total. The lowest BCUT2D eigenvalue weighted by Gasteiger charge is -2.13. The summed E-state index contributed by atoms with van der Waals surface area (Å²) in [5.74, 6) is -0.535. The summed E-state index contributed by atoms with van der Waals surface area (Å²) < 4.78 is 15.6. The Morgan fingerprint density at radius 3 is 2.53 bits per heavy atom. The van der Waals surface area contributed by atoms with E-state index in [0.29, 0.717) is 28.2 Å². The molecule has 3 N–H and O–H groups in total. The standard InChI is InChI=1S/C23H17ClFN7O2/c24-18-9-14(8-17(12-33)28-18)19-20(13-4-2-1-3-5-13)29-22(26)32-21(19)30-31(23(32)34)11-16-7-6-15(25)10-27-16/h1-10,33H,11-12H2,(H2,26,29). The number of hydrogen-bond acceptors (Lipinski definition) is 7. The van der Waals surface area contributed by atoms with Crippen molar-refractivity contribution in [1.82, 2.24) is 29.1 Å². The Morgan fingerprint density at radius 2 is 1.82 bits per heavy atom. The van der Waals surface area contributed by atoms with Crippen LogP contribution in [0.4, 0.5) is 10.3 Å². The highest BCUT2D eigenvalue weighted by atomic mass is 35.5. The fourth-order valence-corrected chi connectivity index (χ4v) is 3.93. The van der Waals surface area contributed by atoms with Crippen LogP contribution in [-0.4, -0.2) is 34.2 Å². The number of nitrogens with two attached hydrogens (primary N) is 1. The molecule has 0 radical (unpaired) electrons. The summed E-state index contributed by atoms with van der Waals surface area (Å²) in [7, 11) is 0. The molecule has 0 aliphatic carbocycles. The van der Waals surface area contributed by atoms with E-state index >= 15 is 0 Å². The summed E-state index contributed by atoms with van der Waals surface area (Å²) in [5.41, 5.74) is 8.97. The van der Waals surface area contributed by atoms with Crippen molar-refractivity contribution in [3.8, 4) is 22.4 Å². The molecule has 0 unspecified atom stereocenters. The van der Waals surface area contributed by atoms with Crippen LogP contribution in [0.1, 0.15) is 11.4 Å². The number of nitrogen functional groups attached to an aromatic ring is 1. The quantitative estimate of drug-likeness (QED) is 0.373. The molecular formula is C23H17ClFN7O2. The second-order valence-corrected chi connectivity index (χ2v) is 7.84. The van der Waals surface area contributed by atoms with Gasteiger partial charge in [-0.05, 0) is 29.8 Å². The van der Waals surface area contributed by atoms with E-state index in [2.05, 4.69) is 20.1 Å². The van der Waals surface area contributed by atoms with Gasteiger partial charge in [0.05, 0.1) is 42.0 Å². The van der Waals surface area contributed by atoms with Crippen molar-refractivity contribution >= 4 is 23.2 Å². The summed E-state index contributed by atoms with van der Waals surface area (Å²) in [4.78, 5) is 25.8. The number of aliphatic hydroxyl groups excluding tert-OH is 1. The number of aliphatic hydroxyl groups is 1. The molecule has 0 atom stereocenters. The molecule has 5 rings (SSSR count). The third-order valence-corrected chi connectivity index (χ3v) is 5.39. The van der Waals surface area contributed by atoms with Crippen molar-refractivity contribution in [1.29, 1.82) is 0 Å². The van der Waals surface area contributed by atoms with Crippen LogP contribution in [0, 0.1) is 5.82 Å². The van der Waals surface area contributed by atoms with Crippen molar-refractivity contribution in [2.75, 3.05) is 5.73 Å². The molecular weight excluding hydrogens is 461 g/mol. The number of anilines is 1. The van der Waals surface area contributed by atoms with Crippen molar-refractivity contribution in [3.05, 3.63) is 93.6 Å². The van der Waals surface area contributed by atoms with Gasteiger partial charge in [0.2, 0.25) is 5.95 Å². The summed E-state index contributed by atoms with van der Waals surface area (Å²) in [6, 6.07) is 15.3. The van der Waals surface area contributed by atoms with E-state index < -0.39 is 11.5 Å². The summed E-state index contributed by atoms with van der Waals surface area (Å²) in [5, 5.41) is 14.3. The Bertz CT molecular complexity index is 1570. The van der Waals surface area contributed by atoms with Crippen molar-refractivity contribution in [2.24, 2.45) is 0 Å². The number of hydrogen-bond donors (Lipinski definition) is 2. The highest BCUT2D eigenvalue weighted by Crippen LogP contribution is 2.35. The molecule has 0 spiro atoms. The van der Waals surface area contributed by atoms with Gasteiger partial charge in [-0.15, -0.1) is 5.10 Å². The monoisotopic (exact) mass is 477 g/mol. The zero-order chi connectivity index (χ0) is 23.8. The molecule has 170 valence electrons. The van der Waals surface area contributed by atoms with Crippen LogP contribution in [0.25, 0.3) is 28.0 Å². The van der Waals surface area contributed by atoms with E-state index in [0.717, 1.165) is 11.8 Å². The molecule has 11 heteroatoms. The molecule has 4 aromatic heterocycles. The van der Waals surface area contributed by atoms with E-state index in [4.69, 9.17) is 17.3 Å². The minimum absolute atomic E-state index is 0.000660. The van der Waals surface area contributed by atoms with Gasteiger partial charge >= 0.3 is 5.69 Å². The van der Waals surface area contributed by atoms with Crippen LogP contribution in [-0.2, 0) is 13.2 Å². The first kappa shape index (κ1) is 21.7. The first-order valence-electron chi connectivity index (χ1n) is 10.2. The highest BCUT2D eigenvalue weighted by Gasteiger charge is 2.22. The lowest BCUT2D eigenvalue weighted by molar-refractivity contribution is 0.277. The first-order chi connectivity index (χ1) is 16.4. The third kappa shape index (κ3) is 3.89. The Kier molecular flexibility index (Phi) is 5.52. The molecule has 0 bridgehead atoms. The largest absolute Gasteiger partial charge is 0.390 e. The maximum Gasteiger partial charge on any atom is 0.353 e. The molecule has 0 amide bonds. The van der Waals surface area contributed by atoms with Crippen LogP contribution in [0.15, 0.2) is 65.6 Å². The van der Waals surface area contributed by atoms with Crippen molar-refractivity contribution in [3.63, 3.8) is 0 Å². The molecule has 0 saturated heterocycles. The van der Waals surface area contributed by atoms with Crippen LogP contribution < -0.4 is 11.4 Å². The van der Waals surface area contributed by atoms with Gasteiger partial charge in [0.1, 0.15) is 11.0 Å². The number of rotatable bonds is 5. The Balaban J connectivity index is 1.81. The van der Waals surface area contributed by atoms with E-state index in [1.165, 1.54) is 21.2 Å². The Morgan fingerprint density at radius 1 is 1.03 bits per heavy atom. The van der Waals surface area contributed by atoms with E-state index in [1.54, 1.807) is 12.1 Å². The maximum absolute atomic E-state index is 13.3. The molecule has 1 aromatic carbocycles. The molecule has 0 fully saturated rings. The zero-order valence-electron chi connectivity index (χ0n) is 17.6. The second-order valence-electron chi connectivity index (χ2n) is 7.45. The minimum Gasteiger partial charge on any atom is -0.390 e.